The number of nitrogens with zero attached hydrogens (tertiary/aromatic N) is 4. The van der Waals surface area contributed by atoms with E-state index < -0.39 is 24.3 Å². The van der Waals surface area contributed by atoms with Crippen LogP contribution in [-0.4, -0.2) is 32.2 Å². The molecule has 1 N–H and O–H groups in total. The molecule has 0 fully saturated rings. The third-order valence-corrected chi connectivity index (χ3v) is 3.90. The lowest BCUT2D eigenvalue weighted by Gasteiger charge is -2.14. The molecular formula is C18H13F3N4O3. The van der Waals surface area contributed by atoms with Gasteiger partial charge in [-0.15, -0.1) is 0 Å². The lowest BCUT2D eigenvalue weighted by Crippen LogP contribution is -2.09. The van der Waals surface area contributed by atoms with Crippen LogP contribution in [0.3, 0.4) is 0 Å². The molecule has 0 aliphatic heterocycles. The van der Waals surface area contributed by atoms with Gasteiger partial charge in [0.1, 0.15) is 23.9 Å². The quantitative estimate of drug-likeness (QED) is 0.716. The van der Waals surface area contributed by atoms with Gasteiger partial charge < -0.3 is 14.4 Å². The predicted molar refractivity (Wildman–Crippen MR) is 91.5 cm³/mol. The highest BCUT2D eigenvalue weighted by Crippen LogP contribution is 2.39. The van der Waals surface area contributed by atoms with Gasteiger partial charge in [-0.05, 0) is 31.2 Å². The zero-order valence-electron chi connectivity index (χ0n) is 14.5. The first kappa shape index (κ1) is 19.2. The summed E-state index contributed by atoms with van der Waals surface area (Å²) in [5.41, 5.74) is -0.423. The molecule has 0 amide bonds. The van der Waals surface area contributed by atoms with Crippen molar-refractivity contribution in [1.29, 1.82) is 5.26 Å². The van der Waals surface area contributed by atoms with Crippen molar-refractivity contribution in [2.75, 3.05) is 6.61 Å². The van der Waals surface area contributed by atoms with Gasteiger partial charge >= 0.3 is 12.1 Å². The van der Waals surface area contributed by atoms with Gasteiger partial charge in [0.05, 0.1) is 29.7 Å². The Morgan fingerprint density at radius 1 is 1.36 bits per heavy atom. The first-order chi connectivity index (χ1) is 13.2. The summed E-state index contributed by atoms with van der Waals surface area (Å²) in [5.74, 6) is -1.44. The average Bonchev–Trinajstić information content (AvgIpc) is 3.03. The lowest BCUT2D eigenvalue weighted by atomic mass is 10.1. The second-order valence-corrected chi connectivity index (χ2v) is 5.74. The Morgan fingerprint density at radius 3 is 2.71 bits per heavy atom. The number of nitriles is 1. The molecule has 0 saturated carbocycles. The van der Waals surface area contributed by atoms with E-state index in [-0.39, 0.29) is 40.3 Å². The Balaban J connectivity index is 2.20. The topological polar surface area (TPSA) is 101 Å². The van der Waals surface area contributed by atoms with Crippen molar-refractivity contribution < 1.29 is 27.8 Å². The maximum atomic E-state index is 13.4. The molecule has 2 heterocycles. The summed E-state index contributed by atoms with van der Waals surface area (Å²) in [5, 5.41) is 18.3. The van der Waals surface area contributed by atoms with Crippen LogP contribution < -0.4 is 4.74 Å². The molecule has 0 saturated heterocycles. The minimum atomic E-state index is -4.65. The molecule has 1 aromatic carbocycles. The number of pyridine rings is 1. The standard InChI is InChI=1S/C18H13F3N4O3/c1-2-28-15-4-3-10(5-11(15)18(19,20)21)12-6-14-17(13(7-22)24-12)23-9-25(14)8-16(26)27/h3-6,9H,2,8H2,1H3,(H,26,27). The Kier molecular flexibility index (Phi) is 4.92. The number of rotatable bonds is 5. The molecule has 3 aromatic rings. The molecule has 0 atom stereocenters. The Morgan fingerprint density at radius 2 is 2.11 bits per heavy atom. The molecule has 0 aliphatic carbocycles. The molecule has 3 rings (SSSR count). The van der Waals surface area contributed by atoms with Crippen LogP contribution in [0.4, 0.5) is 13.2 Å². The molecule has 0 spiro atoms. The Bertz CT molecular complexity index is 1100. The summed E-state index contributed by atoms with van der Waals surface area (Å²) < 4.78 is 46.5. The minimum Gasteiger partial charge on any atom is -0.493 e. The van der Waals surface area contributed by atoms with Crippen LogP contribution >= 0.6 is 0 Å². The number of benzene rings is 1. The highest BCUT2D eigenvalue weighted by atomic mass is 19.4. The van der Waals surface area contributed by atoms with E-state index in [1.165, 1.54) is 29.1 Å². The zero-order valence-corrected chi connectivity index (χ0v) is 14.5. The van der Waals surface area contributed by atoms with Gasteiger partial charge in [0.15, 0.2) is 5.69 Å². The molecule has 144 valence electrons. The van der Waals surface area contributed by atoms with Crippen molar-refractivity contribution in [2.45, 2.75) is 19.6 Å². The van der Waals surface area contributed by atoms with Crippen molar-refractivity contribution in [2.24, 2.45) is 0 Å². The normalized spacial score (nSPS) is 11.4. The van der Waals surface area contributed by atoms with E-state index in [1.54, 1.807) is 6.92 Å². The number of aliphatic carboxylic acids is 1. The van der Waals surface area contributed by atoms with Crippen LogP contribution in [0.15, 0.2) is 30.6 Å². The lowest BCUT2D eigenvalue weighted by molar-refractivity contribution is -0.139. The van der Waals surface area contributed by atoms with Crippen LogP contribution in [0.1, 0.15) is 18.2 Å². The molecule has 28 heavy (non-hydrogen) atoms. The highest BCUT2D eigenvalue weighted by Gasteiger charge is 2.35. The third-order valence-electron chi connectivity index (χ3n) is 3.90. The first-order valence-electron chi connectivity index (χ1n) is 8.06. The van der Waals surface area contributed by atoms with E-state index in [2.05, 4.69) is 9.97 Å². The number of carbonyl (C=O) groups is 1. The second-order valence-electron chi connectivity index (χ2n) is 5.74. The fourth-order valence-corrected chi connectivity index (χ4v) is 2.75. The van der Waals surface area contributed by atoms with Crippen molar-refractivity contribution in [3.8, 4) is 23.1 Å². The SMILES string of the molecule is CCOc1ccc(-c2cc3c(ncn3CC(=O)O)c(C#N)n2)cc1C(F)(F)F. The number of imidazole rings is 1. The molecule has 0 radical (unpaired) electrons. The smallest absolute Gasteiger partial charge is 0.419 e. The molecule has 10 heteroatoms. The number of halogens is 3. The minimum absolute atomic E-state index is 0.0690. The van der Waals surface area contributed by atoms with Crippen molar-refractivity contribution in [3.05, 3.63) is 41.9 Å². The van der Waals surface area contributed by atoms with E-state index >= 15 is 0 Å². The van der Waals surface area contributed by atoms with Gasteiger partial charge in [-0.25, -0.2) is 9.97 Å². The molecular weight excluding hydrogens is 377 g/mol. The van der Waals surface area contributed by atoms with Gasteiger partial charge in [0, 0.05) is 5.56 Å². The van der Waals surface area contributed by atoms with Crippen LogP contribution in [0, 0.1) is 11.3 Å². The molecule has 0 bridgehead atoms. The highest BCUT2D eigenvalue weighted by molar-refractivity contribution is 5.85. The number of carboxylic acids is 1. The molecule has 0 aliphatic rings. The average molecular weight is 390 g/mol. The number of carboxylic acid groups (broad SMARTS) is 1. The number of hydrogen-bond donors (Lipinski definition) is 1. The monoisotopic (exact) mass is 390 g/mol. The Labute approximate surface area is 156 Å². The van der Waals surface area contributed by atoms with Gasteiger partial charge in [0.25, 0.3) is 0 Å². The predicted octanol–water partition coefficient (Wildman–Crippen LogP) is 3.47. The summed E-state index contributed by atoms with van der Waals surface area (Å²) >= 11 is 0. The number of ether oxygens (including phenoxy) is 1. The summed E-state index contributed by atoms with van der Waals surface area (Å²) in [6.45, 7) is 1.23. The summed E-state index contributed by atoms with van der Waals surface area (Å²) in [4.78, 5) is 19.1. The van der Waals surface area contributed by atoms with Crippen molar-refractivity contribution >= 4 is 17.0 Å². The van der Waals surface area contributed by atoms with Crippen LogP contribution in [0.2, 0.25) is 0 Å². The first-order valence-corrected chi connectivity index (χ1v) is 8.06. The van der Waals surface area contributed by atoms with E-state index in [0.717, 1.165) is 6.07 Å². The largest absolute Gasteiger partial charge is 0.493 e. The zero-order chi connectivity index (χ0) is 20.5. The van der Waals surface area contributed by atoms with Crippen molar-refractivity contribution in [1.82, 2.24) is 14.5 Å². The van der Waals surface area contributed by atoms with Gasteiger partial charge in [-0.3, -0.25) is 4.79 Å². The summed E-state index contributed by atoms with van der Waals surface area (Å²) in [7, 11) is 0. The number of fused-ring (bicyclic) bond motifs is 1. The summed E-state index contributed by atoms with van der Waals surface area (Å²) in [6, 6.07) is 6.72. The molecule has 7 nitrogen and oxygen atoms in total. The second kappa shape index (κ2) is 7.19. The Hall–Kier alpha value is -3.61. The van der Waals surface area contributed by atoms with E-state index in [9.17, 15) is 23.2 Å². The van der Waals surface area contributed by atoms with Crippen LogP contribution in [0.5, 0.6) is 5.75 Å². The van der Waals surface area contributed by atoms with Gasteiger partial charge in [-0.1, -0.05) is 0 Å². The maximum absolute atomic E-state index is 13.4. The van der Waals surface area contributed by atoms with Gasteiger partial charge in [-0.2, -0.15) is 18.4 Å². The number of aromatic nitrogens is 3. The van der Waals surface area contributed by atoms with E-state index in [1.807, 2.05) is 6.07 Å². The van der Waals surface area contributed by atoms with Crippen molar-refractivity contribution in [3.63, 3.8) is 0 Å². The van der Waals surface area contributed by atoms with Gasteiger partial charge in [0.2, 0.25) is 0 Å². The molecule has 0 unspecified atom stereocenters. The van der Waals surface area contributed by atoms with E-state index in [0.29, 0.717) is 0 Å². The third kappa shape index (κ3) is 3.59. The summed E-state index contributed by atoms with van der Waals surface area (Å²) in [6.07, 6.45) is -3.40. The van der Waals surface area contributed by atoms with Crippen LogP contribution in [-0.2, 0) is 17.5 Å². The van der Waals surface area contributed by atoms with E-state index in [4.69, 9.17) is 9.84 Å². The maximum Gasteiger partial charge on any atom is 0.419 e. The number of alkyl halides is 3. The fourth-order valence-electron chi connectivity index (χ4n) is 2.75. The molecule has 2 aromatic heterocycles. The number of hydrogen-bond acceptors (Lipinski definition) is 5. The fraction of sp³-hybridized carbons (Fsp3) is 0.222. The van der Waals surface area contributed by atoms with Crippen LogP contribution in [0.25, 0.3) is 22.3 Å².